The van der Waals surface area contributed by atoms with Crippen molar-refractivity contribution in [2.24, 2.45) is 0 Å². The van der Waals surface area contributed by atoms with Crippen molar-refractivity contribution >= 4 is 11.6 Å². The van der Waals surface area contributed by atoms with Crippen LogP contribution < -0.4 is 4.74 Å². The van der Waals surface area contributed by atoms with E-state index in [1.54, 1.807) is 0 Å². The number of pyridine rings is 1. The quantitative estimate of drug-likeness (QED) is 0.733. The molecule has 0 radical (unpaired) electrons. The van der Waals surface area contributed by atoms with Crippen molar-refractivity contribution in [1.82, 2.24) is 4.98 Å². The third kappa shape index (κ3) is 4.56. The van der Waals surface area contributed by atoms with E-state index in [4.69, 9.17) is 16.3 Å². The minimum absolute atomic E-state index is 0.543. The van der Waals surface area contributed by atoms with E-state index in [1.165, 1.54) is 11.1 Å². The standard InChI is InChI=1S/C16H18ClNO/c1-2-11-19-15-8-5-13(6-9-15)3-4-14-7-10-16(17)18-12-14/h5-10,12H,2-4,11H2,1H3. The lowest BCUT2D eigenvalue weighted by atomic mass is 10.1. The maximum Gasteiger partial charge on any atom is 0.129 e. The number of rotatable bonds is 6. The highest BCUT2D eigenvalue weighted by atomic mass is 35.5. The van der Waals surface area contributed by atoms with Gasteiger partial charge in [0.05, 0.1) is 6.61 Å². The zero-order valence-electron chi connectivity index (χ0n) is 11.1. The highest BCUT2D eigenvalue weighted by Gasteiger charge is 1.98. The van der Waals surface area contributed by atoms with Crippen molar-refractivity contribution < 1.29 is 4.74 Å². The van der Waals surface area contributed by atoms with Crippen molar-refractivity contribution in [3.8, 4) is 5.75 Å². The summed E-state index contributed by atoms with van der Waals surface area (Å²) in [7, 11) is 0. The predicted molar refractivity (Wildman–Crippen MR) is 78.9 cm³/mol. The topological polar surface area (TPSA) is 22.1 Å². The van der Waals surface area contributed by atoms with E-state index < -0.39 is 0 Å². The zero-order valence-corrected chi connectivity index (χ0v) is 11.9. The van der Waals surface area contributed by atoms with Crippen LogP contribution in [0.1, 0.15) is 24.5 Å². The monoisotopic (exact) mass is 275 g/mol. The lowest BCUT2D eigenvalue weighted by Crippen LogP contribution is -1.96. The minimum Gasteiger partial charge on any atom is -0.494 e. The lowest BCUT2D eigenvalue weighted by Gasteiger charge is -2.06. The molecule has 2 nitrogen and oxygen atoms in total. The molecule has 0 amide bonds. The van der Waals surface area contributed by atoms with Crippen molar-refractivity contribution in [3.63, 3.8) is 0 Å². The largest absolute Gasteiger partial charge is 0.494 e. The van der Waals surface area contributed by atoms with Crippen molar-refractivity contribution in [3.05, 3.63) is 58.9 Å². The Morgan fingerprint density at radius 1 is 1.00 bits per heavy atom. The number of aryl methyl sites for hydroxylation is 2. The number of ether oxygens (including phenoxy) is 1. The van der Waals surface area contributed by atoms with Crippen molar-refractivity contribution in [2.75, 3.05) is 6.61 Å². The van der Waals surface area contributed by atoms with Gasteiger partial charge >= 0.3 is 0 Å². The second-order valence-electron chi connectivity index (χ2n) is 4.48. The zero-order chi connectivity index (χ0) is 13.5. The molecule has 0 N–H and O–H groups in total. The Morgan fingerprint density at radius 2 is 1.68 bits per heavy atom. The molecule has 2 aromatic rings. The van der Waals surface area contributed by atoms with Crippen LogP contribution in [0.5, 0.6) is 5.75 Å². The molecule has 0 saturated heterocycles. The molecule has 0 aliphatic rings. The predicted octanol–water partition coefficient (Wildman–Crippen LogP) is 4.31. The summed E-state index contributed by atoms with van der Waals surface area (Å²) >= 11 is 5.76. The first-order valence-corrected chi connectivity index (χ1v) is 6.98. The molecule has 0 bridgehead atoms. The summed E-state index contributed by atoms with van der Waals surface area (Å²) in [5, 5.41) is 0.543. The van der Waals surface area contributed by atoms with Crippen molar-refractivity contribution in [2.45, 2.75) is 26.2 Å². The Balaban J connectivity index is 1.87. The van der Waals surface area contributed by atoms with E-state index in [2.05, 4.69) is 24.0 Å². The van der Waals surface area contributed by atoms with Gasteiger partial charge in [-0.1, -0.05) is 36.7 Å². The lowest BCUT2D eigenvalue weighted by molar-refractivity contribution is 0.317. The minimum atomic E-state index is 0.543. The van der Waals surface area contributed by atoms with Gasteiger partial charge in [0, 0.05) is 6.20 Å². The number of halogens is 1. The summed E-state index contributed by atoms with van der Waals surface area (Å²) in [6.07, 6.45) is 4.84. The normalized spacial score (nSPS) is 10.4. The molecule has 19 heavy (non-hydrogen) atoms. The molecule has 2 rings (SSSR count). The Morgan fingerprint density at radius 3 is 2.32 bits per heavy atom. The first kappa shape index (κ1) is 13.9. The molecule has 0 unspecified atom stereocenters. The number of hydrogen-bond acceptors (Lipinski definition) is 2. The molecule has 0 spiro atoms. The van der Waals surface area contributed by atoms with Gasteiger partial charge in [-0.2, -0.15) is 0 Å². The maximum atomic E-state index is 5.76. The molecule has 3 heteroatoms. The Hall–Kier alpha value is -1.54. The average molecular weight is 276 g/mol. The van der Waals surface area contributed by atoms with E-state index in [-0.39, 0.29) is 0 Å². The molecule has 0 aliphatic carbocycles. The summed E-state index contributed by atoms with van der Waals surface area (Å²) in [5.74, 6) is 0.943. The van der Waals surface area contributed by atoms with E-state index >= 15 is 0 Å². The van der Waals surface area contributed by atoms with Crippen LogP contribution in [0.2, 0.25) is 5.15 Å². The second-order valence-corrected chi connectivity index (χ2v) is 4.87. The highest BCUT2D eigenvalue weighted by Crippen LogP contribution is 2.14. The fourth-order valence-corrected chi connectivity index (χ4v) is 1.93. The van der Waals surface area contributed by atoms with Crippen LogP contribution in [0.4, 0.5) is 0 Å². The van der Waals surface area contributed by atoms with Crippen LogP contribution in [0, 0.1) is 0 Å². The van der Waals surface area contributed by atoms with Crippen LogP contribution in [-0.4, -0.2) is 11.6 Å². The summed E-state index contributed by atoms with van der Waals surface area (Å²) in [4.78, 5) is 4.08. The van der Waals surface area contributed by atoms with Crippen LogP contribution in [-0.2, 0) is 12.8 Å². The molecule has 0 fully saturated rings. The summed E-state index contributed by atoms with van der Waals surface area (Å²) in [6, 6.07) is 12.2. The number of nitrogens with zero attached hydrogens (tertiary/aromatic N) is 1. The van der Waals surface area contributed by atoms with Crippen LogP contribution in [0.3, 0.4) is 0 Å². The number of benzene rings is 1. The molecule has 1 heterocycles. The van der Waals surface area contributed by atoms with Gasteiger partial charge in [-0.05, 0) is 48.6 Å². The fourth-order valence-electron chi connectivity index (χ4n) is 1.82. The highest BCUT2D eigenvalue weighted by molar-refractivity contribution is 6.29. The average Bonchev–Trinajstić information content (AvgIpc) is 2.46. The summed E-state index contributed by atoms with van der Waals surface area (Å²) < 4.78 is 5.56. The SMILES string of the molecule is CCCOc1ccc(CCc2ccc(Cl)nc2)cc1. The number of hydrogen-bond donors (Lipinski definition) is 0. The van der Waals surface area contributed by atoms with Crippen LogP contribution in [0.15, 0.2) is 42.6 Å². The Labute approximate surface area is 119 Å². The van der Waals surface area contributed by atoms with Gasteiger partial charge in [0.25, 0.3) is 0 Å². The van der Waals surface area contributed by atoms with E-state index in [0.717, 1.165) is 31.6 Å². The third-order valence-electron chi connectivity index (χ3n) is 2.89. The van der Waals surface area contributed by atoms with Crippen molar-refractivity contribution in [1.29, 1.82) is 0 Å². The van der Waals surface area contributed by atoms with Crippen LogP contribution >= 0.6 is 11.6 Å². The summed E-state index contributed by atoms with van der Waals surface area (Å²) in [6.45, 7) is 2.88. The molecule has 100 valence electrons. The molecule has 0 aliphatic heterocycles. The van der Waals surface area contributed by atoms with E-state index in [1.807, 2.05) is 30.5 Å². The fraction of sp³-hybridized carbons (Fsp3) is 0.312. The van der Waals surface area contributed by atoms with E-state index in [0.29, 0.717) is 5.15 Å². The maximum absolute atomic E-state index is 5.76. The van der Waals surface area contributed by atoms with Gasteiger partial charge in [-0.25, -0.2) is 4.98 Å². The molecule has 1 aromatic heterocycles. The second kappa shape index (κ2) is 7.15. The molecular formula is C16H18ClNO. The Bertz CT molecular complexity index is 493. The smallest absolute Gasteiger partial charge is 0.129 e. The third-order valence-corrected chi connectivity index (χ3v) is 3.11. The van der Waals surface area contributed by atoms with Gasteiger partial charge in [0.1, 0.15) is 10.9 Å². The molecule has 1 aromatic carbocycles. The van der Waals surface area contributed by atoms with Gasteiger partial charge in [0.2, 0.25) is 0 Å². The van der Waals surface area contributed by atoms with E-state index in [9.17, 15) is 0 Å². The van der Waals surface area contributed by atoms with Gasteiger partial charge in [-0.15, -0.1) is 0 Å². The molecule has 0 saturated carbocycles. The summed E-state index contributed by atoms with van der Waals surface area (Å²) in [5.41, 5.74) is 2.51. The van der Waals surface area contributed by atoms with Gasteiger partial charge in [-0.3, -0.25) is 0 Å². The first-order chi connectivity index (χ1) is 9.28. The number of aromatic nitrogens is 1. The first-order valence-electron chi connectivity index (χ1n) is 6.60. The Kier molecular flexibility index (Phi) is 5.22. The van der Waals surface area contributed by atoms with Gasteiger partial charge < -0.3 is 4.74 Å². The van der Waals surface area contributed by atoms with Gasteiger partial charge in [0.15, 0.2) is 0 Å². The molecular weight excluding hydrogens is 258 g/mol. The molecule has 0 atom stereocenters. The van der Waals surface area contributed by atoms with Crippen LogP contribution in [0.25, 0.3) is 0 Å².